The summed E-state index contributed by atoms with van der Waals surface area (Å²) in [6.45, 7) is 5.78. The van der Waals surface area contributed by atoms with E-state index in [-0.39, 0.29) is 5.56 Å². The van der Waals surface area contributed by atoms with E-state index in [1.165, 1.54) is 0 Å². The molecule has 0 aliphatic rings. The van der Waals surface area contributed by atoms with Crippen LogP contribution in [0.1, 0.15) is 36.8 Å². The predicted molar refractivity (Wildman–Crippen MR) is 52.9 cm³/mol. The summed E-state index contributed by atoms with van der Waals surface area (Å²) in [5, 5.41) is 0. The monoisotopic (exact) mass is 180 g/mol. The highest BCUT2D eigenvalue weighted by Crippen LogP contribution is 2.04. The summed E-state index contributed by atoms with van der Waals surface area (Å²) in [5.41, 5.74) is 1.71. The van der Waals surface area contributed by atoms with E-state index in [9.17, 15) is 4.79 Å². The average molecular weight is 180 g/mol. The van der Waals surface area contributed by atoms with E-state index in [1.807, 2.05) is 13.8 Å². The van der Waals surface area contributed by atoms with Crippen LogP contribution in [-0.4, -0.2) is 9.97 Å². The summed E-state index contributed by atoms with van der Waals surface area (Å²) in [7, 11) is 0. The SMILES string of the molecule is CCCCc1nc(C)[nH]c(=O)c1C. The standard InChI is InChI=1S/C10H16N2O/c1-4-5-6-9-7(2)10(13)12-8(3)11-9/h4-6H2,1-3H3,(H,11,12,13). The first-order valence-electron chi connectivity index (χ1n) is 4.71. The van der Waals surface area contributed by atoms with Crippen LogP contribution in [0.4, 0.5) is 0 Å². The lowest BCUT2D eigenvalue weighted by molar-refractivity contribution is 0.757. The Balaban J connectivity index is 2.99. The molecule has 0 saturated heterocycles. The van der Waals surface area contributed by atoms with Gasteiger partial charge in [0.15, 0.2) is 0 Å². The largest absolute Gasteiger partial charge is 0.311 e. The Kier molecular flexibility index (Phi) is 3.23. The minimum absolute atomic E-state index is 0.00129. The summed E-state index contributed by atoms with van der Waals surface area (Å²) in [4.78, 5) is 18.3. The van der Waals surface area contributed by atoms with Crippen LogP contribution in [-0.2, 0) is 6.42 Å². The first-order valence-corrected chi connectivity index (χ1v) is 4.71. The molecule has 0 spiro atoms. The molecule has 0 radical (unpaired) electrons. The Morgan fingerprint density at radius 1 is 1.38 bits per heavy atom. The first kappa shape index (κ1) is 9.96. The van der Waals surface area contributed by atoms with Crippen LogP contribution in [0.15, 0.2) is 4.79 Å². The molecule has 13 heavy (non-hydrogen) atoms. The van der Waals surface area contributed by atoms with Gasteiger partial charge in [0, 0.05) is 5.56 Å². The van der Waals surface area contributed by atoms with Crippen LogP contribution < -0.4 is 5.56 Å². The van der Waals surface area contributed by atoms with Crippen molar-refractivity contribution in [3.8, 4) is 0 Å². The van der Waals surface area contributed by atoms with Crippen LogP contribution in [0.5, 0.6) is 0 Å². The van der Waals surface area contributed by atoms with Crippen molar-refractivity contribution in [2.24, 2.45) is 0 Å². The van der Waals surface area contributed by atoms with Crippen molar-refractivity contribution in [3.63, 3.8) is 0 Å². The third-order valence-corrected chi connectivity index (χ3v) is 2.14. The molecule has 0 amide bonds. The molecule has 0 aromatic carbocycles. The maximum atomic E-state index is 11.3. The Hall–Kier alpha value is -1.12. The van der Waals surface area contributed by atoms with Crippen LogP contribution in [0.25, 0.3) is 0 Å². The van der Waals surface area contributed by atoms with Gasteiger partial charge in [0.05, 0.1) is 5.69 Å². The van der Waals surface area contributed by atoms with Gasteiger partial charge in [0.2, 0.25) is 0 Å². The lowest BCUT2D eigenvalue weighted by Gasteiger charge is -2.03. The van der Waals surface area contributed by atoms with Gasteiger partial charge in [0.1, 0.15) is 5.82 Å². The highest BCUT2D eigenvalue weighted by atomic mass is 16.1. The highest BCUT2D eigenvalue weighted by molar-refractivity contribution is 5.15. The molecule has 0 aliphatic heterocycles. The molecule has 0 saturated carbocycles. The third-order valence-electron chi connectivity index (χ3n) is 2.14. The molecule has 3 heteroatoms. The van der Waals surface area contributed by atoms with Gasteiger partial charge in [0.25, 0.3) is 5.56 Å². The molecule has 72 valence electrons. The summed E-state index contributed by atoms with van der Waals surface area (Å²) >= 11 is 0. The molecular formula is C10H16N2O. The molecule has 1 N–H and O–H groups in total. The van der Waals surface area contributed by atoms with Crippen LogP contribution in [0.3, 0.4) is 0 Å². The smallest absolute Gasteiger partial charge is 0.254 e. The summed E-state index contributed by atoms with van der Waals surface area (Å²) < 4.78 is 0. The molecule has 0 unspecified atom stereocenters. The topological polar surface area (TPSA) is 45.8 Å². The Morgan fingerprint density at radius 3 is 2.69 bits per heavy atom. The number of unbranched alkanes of at least 4 members (excludes halogenated alkanes) is 1. The van der Waals surface area contributed by atoms with Crippen molar-refractivity contribution in [3.05, 3.63) is 27.4 Å². The normalized spacial score (nSPS) is 10.4. The fraction of sp³-hybridized carbons (Fsp3) is 0.600. The van der Waals surface area contributed by atoms with Crippen LogP contribution in [0.2, 0.25) is 0 Å². The number of aryl methyl sites for hydroxylation is 2. The molecular weight excluding hydrogens is 164 g/mol. The second-order valence-corrected chi connectivity index (χ2v) is 3.33. The van der Waals surface area contributed by atoms with Crippen molar-refractivity contribution in [2.75, 3.05) is 0 Å². The van der Waals surface area contributed by atoms with E-state index in [4.69, 9.17) is 0 Å². The summed E-state index contributed by atoms with van der Waals surface area (Å²) in [6.07, 6.45) is 3.14. The molecule has 1 aromatic heterocycles. The molecule has 0 atom stereocenters. The van der Waals surface area contributed by atoms with Gasteiger partial charge >= 0.3 is 0 Å². The molecule has 1 heterocycles. The number of aromatic amines is 1. The second-order valence-electron chi connectivity index (χ2n) is 3.33. The van der Waals surface area contributed by atoms with Crippen molar-refractivity contribution in [2.45, 2.75) is 40.0 Å². The quantitative estimate of drug-likeness (QED) is 0.770. The lowest BCUT2D eigenvalue weighted by Crippen LogP contribution is -2.16. The number of aromatic nitrogens is 2. The number of hydrogen-bond acceptors (Lipinski definition) is 2. The first-order chi connectivity index (χ1) is 6.15. The minimum Gasteiger partial charge on any atom is -0.311 e. The van der Waals surface area contributed by atoms with E-state index in [0.717, 1.165) is 30.5 Å². The summed E-state index contributed by atoms with van der Waals surface area (Å²) in [6, 6.07) is 0. The molecule has 1 aromatic rings. The predicted octanol–water partition coefficient (Wildman–Crippen LogP) is 1.73. The Morgan fingerprint density at radius 2 is 2.08 bits per heavy atom. The van der Waals surface area contributed by atoms with Crippen molar-refractivity contribution < 1.29 is 0 Å². The Labute approximate surface area is 78.2 Å². The number of H-pyrrole nitrogens is 1. The van der Waals surface area contributed by atoms with E-state index >= 15 is 0 Å². The Bertz CT molecular complexity index is 341. The van der Waals surface area contributed by atoms with Gasteiger partial charge < -0.3 is 4.98 Å². The summed E-state index contributed by atoms with van der Waals surface area (Å²) in [5.74, 6) is 0.710. The number of nitrogens with zero attached hydrogens (tertiary/aromatic N) is 1. The van der Waals surface area contributed by atoms with Gasteiger partial charge in [-0.15, -0.1) is 0 Å². The third kappa shape index (κ3) is 2.41. The number of rotatable bonds is 3. The van der Waals surface area contributed by atoms with Crippen molar-refractivity contribution in [1.29, 1.82) is 0 Å². The molecule has 0 fully saturated rings. The van der Waals surface area contributed by atoms with Crippen molar-refractivity contribution in [1.82, 2.24) is 9.97 Å². The van der Waals surface area contributed by atoms with Gasteiger partial charge in [-0.25, -0.2) is 4.98 Å². The van der Waals surface area contributed by atoms with E-state index in [1.54, 1.807) is 0 Å². The maximum absolute atomic E-state index is 11.3. The zero-order valence-corrected chi connectivity index (χ0v) is 8.48. The van der Waals surface area contributed by atoms with Crippen LogP contribution >= 0.6 is 0 Å². The van der Waals surface area contributed by atoms with Gasteiger partial charge in [-0.2, -0.15) is 0 Å². The molecule has 0 aliphatic carbocycles. The average Bonchev–Trinajstić information content (AvgIpc) is 2.09. The van der Waals surface area contributed by atoms with Gasteiger partial charge in [-0.05, 0) is 26.7 Å². The fourth-order valence-electron chi connectivity index (χ4n) is 1.29. The minimum atomic E-state index is -0.00129. The van der Waals surface area contributed by atoms with Gasteiger partial charge in [-0.1, -0.05) is 13.3 Å². The maximum Gasteiger partial charge on any atom is 0.254 e. The lowest BCUT2D eigenvalue weighted by atomic mass is 10.1. The zero-order valence-electron chi connectivity index (χ0n) is 8.48. The van der Waals surface area contributed by atoms with E-state index < -0.39 is 0 Å². The van der Waals surface area contributed by atoms with E-state index in [2.05, 4.69) is 16.9 Å². The second kappa shape index (κ2) is 4.21. The molecule has 3 nitrogen and oxygen atoms in total. The highest BCUT2D eigenvalue weighted by Gasteiger charge is 2.04. The number of nitrogens with one attached hydrogen (secondary N) is 1. The molecule has 1 rings (SSSR count). The fourth-order valence-corrected chi connectivity index (χ4v) is 1.29. The molecule has 0 bridgehead atoms. The zero-order chi connectivity index (χ0) is 9.84. The number of hydrogen-bond donors (Lipinski definition) is 1. The van der Waals surface area contributed by atoms with E-state index in [0.29, 0.717) is 5.82 Å². The van der Waals surface area contributed by atoms with Crippen molar-refractivity contribution >= 4 is 0 Å². The van der Waals surface area contributed by atoms with Gasteiger partial charge in [-0.3, -0.25) is 4.79 Å². The van der Waals surface area contributed by atoms with Crippen LogP contribution in [0, 0.1) is 13.8 Å².